The van der Waals surface area contributed by atoms with Crippen LogP contribution in [-0.2, 0) is 5.41 Å². The van der Waals surface area contributed by atoms with E-state index < -0.39 is 0 Å². The lowest BCUT2D eigenvalue weighted by Gasteiger charge is -2.22. The van der Waals surface area contributed by atoms with Gasteiger partial charge in [0.1, 0.15) is 18.2 Å². The third kappa shape index (κ3) is 1.86. The van der Waals surface area contributed by atoms with Gasteiger partial charge in [0.05, 0.1) is 4.88 Å². The van der Waals surface area contributed by atoms with E-state index >= 15 is 0 Å². The first-order valence-corrected chi connectivity index (χ1v) is 6.33. The minimum absolute atomic E-state index is 0.101. The lowest BCUT2D eigenvalue weighted by molar-refractivity contribution is 0.171. The molecule has 1 aliphatic rings. The fourth-order valence-electron chi connectivity index (χ4n) is 1.72. The summed E-state index contributed by atoms with van der Waals surface area (Å²) >= 11 is 1.77. The fraction of sp³-hybridized carbons (Fsp3) is 0.667. The molecule has 1 aromatic heterocycles. The first-order valence-electron chi connectivity index (χ1n) is 5.51. The third-order valence-corrected chi connectivity index (χ3v) is 4.21. The van der Waals surface area contributed by atoms with Gasteiger partial charge in [0.2, 0.25) is 0 Å². The van der Waals surface area contributed by atoms with E-state index in [-0.39, 0.29) is 5.41 Å². The monoisotopic (exact) mass is 241 g/mol. The molecule has 1 aliphatic heterocycles. The van der Waals surface area contributed by atoms with Gasteiger partial charge in [-0.2, -0.15) is 0 Å². The second kappa shape index (κ2) is 3.84. The Bertz CT molecular complexity index is 390. The van der Waals surface area contributed by atoms with Crippen LogP contribution in [0.5, 0.6) is 11.5 Å². The van der Waals surface area contributed by atoms with Crippen LogP contribution >= 0.6 is 11.3 Å². The molecule has 0 aromatic carbocycles. The van der Waals surface area contributed by atoms with Crippen LogP contribution in [0.3, 0.4) is 0 Å². The van der Waals surface area contributed by atoms with E-state index in [1.807, 2.05) is 14.1 Å². The second-order valence-electron chi connectivity index (χ2n) is 5.24. The van der Waals surface area contributed by atoms with Gasteiger partial charge in [-0.25, -0.2) is 0 Å². The van der Waals surface area contributed by atoms with E-state index in [4.69, 9.17) is 9.47 Å². The summed E-state index contributed by atoms with van der Waals surface area (Å²) in [6, 6.07) is 0. The topological polar surface area (TPSA) is 21.7 Å². The highest BCUT2D eigenvalue weighted by Gasteiger charge is 2.31. The standard InChI is InChI=1S/C12H19NO2S/c1-12(2,3)10-8-9(15-7-6-14-8)11(16-10)13(4)5/h6-7H2,1-5H3. The maximum atomic E-state index is 5.77. The van der Waals surface area contributed by atoms with Gasteiger partial charge in [-0.05, 0) is 0 Å². The molecule has 4 heteroatoms. The predicted octanol–water partition coefficient (Wildman–Crippen LogP) is 2.88. The van der Waals surface area contributed by atoms with Crippen LogP contribution in [-0.4, -0.2) is 27.3 Å². The highest BCUT2D eigenvalue weighted by molar-refractivity contribution is 7.17. The molecule has 2 rings (SSSR count). The SMILES string of the molecule is CN(C)c1sc(C(C)(C)C)c2c1OCCO2. The molecule has 0 atom stereocenters. The van der Waals surface area contributed by atoms with Crippen LogP contribution in [0.1, 0.15) is 25.6 Å². The molecule has 0 saturated carbocycles. The highest BCUT2D eigenvalue weighted by atomic mass is 32.1. The number of anilines is 1. The van der Waals surface area contributed by atoms with Gasteiger partial charge in [0.25, 0.3) is 0 Å². The molecule has 0 bridgehead atoms. The number of rotatable bonds is 1. The normalized spacial score (nSPS) is 15.1. The first-order chi connectivity index (χ1) is 7.41. The summed E-state index contributed by atoms with van der Waals surface area (Å²) < 4.78 is 11.5. The summed E-state index contributed by atoms with van der Waals surface area (Å²) in [5.74, 6) is 1.87. The minimum atomic E-state index is 0.101. The molecule has 1 aromatic rings. The van der Waals surface area contributed by atoms with Gasteiger partial charge in [0, 0.05) is 19.5 Å². The van der Waals surface area contributed by atoms with E-state index in [2.05, 4.69) is 25.7 Å². The molecular formula is C12H19NO2S. The third-order valence-electron chi connectivity index (χ3n) is 2.47. The maximum absolute atomic E-state index is 5.77. The predicted molar refractivity (Wildman–Crippen MR) is 68.3 cm³/mol. The summed E-state index contributed by atoms with van der Waals surface area (Å²) in [6.45, 7) is 7.91. The molecule has 0 spiro atoms. The Hall–Kier alpha value is -0.900. The smallest absolute Gasteiger partial charge is 0.196 e. The number of nitrogens with zero attached hydrogens (tertiary/aromatic N) is 1. The molecule has 2 heterocycles. The molecular weight excluding hydrogens is 222 g/mol. The zero-order valence-electron chi connectivity index (χ0n) is 10.6. The van der Waals surface area contributed by atoms with Crippen molar-refractivity contribution in [3.05, 3.63) is 4.88 Å². The van der Waals surface area contributed by atoms with Crippen molar-refractivity contribution in [2.24, 2.45) is 0 Å². The Morgan fingerprint density at radius 3 is 2.12 bits per heavy atom. The zero-order chi connectivity index (χ0) is 11.9. The summed E-state index contributed by atoms with van der Waals surface area (Å²) in [6.07, 6.45) is 0. The molecule has 0 radical (unpaired) electrons. The van der Waals surface area contributed by atoms with Crippen molar-refractivity contribution in [2.45, 2.75) is 26.2 Å². The average Bonchev–Trinajstić information content (AvgIpc) is 2.56. The summed E-state index contributed by atoms with van der Waals surface area (Å²) in [5.41, 5.74) is 0.101. The maximum Gasteiger partial charge on any atom is 0.196 e. The molecule has 0 saturated heterocycles. The largest absolute Gasteiger partial charge is 0.485 e. The molecule has 0 amide bonds. The van der Waals surface area contributed by atoms with Crippen LogP contribution in [0.2, 0.25) is 0 Å². The van der Waals surface area contributed by atoms with E-state index in [1.54, 1.807) is 11.3 Å². The van der Waals surface area contributed by atoms with E-state index in [0.29, 0.717) is 13.2 Å². The van der Waals surface area contributed by atoms with Gasteiger partial charge in [-0.15, -0.1) is 11.3 Å². The Kier molecular flexibility index (Phi) is 2.78. The highest BCUT2D eigenvalue weighted by Crippen LogP contribution is 2.52. The van der Waals surface area contributed by atoms with E-state index in [0.717, 1.165) is 16.5 Å². The van der Waals surface area contributed by atoms with Crippen LogP contribution in [0.25, 0.3) is 0 Å². The number of thiophene rings is 1. The summed E-state index contributed by atoms with van der Waals surface area (Å²) in [7, 11) is 4.08. The van der Waals surface area contributed by atoms with Crippen LogP contribution in [0, 0.1) is 0 Å². The van der Waals surface area contributed by atoms with Crippen LogP contribution in [0.4, 0.5) is 5.00 Å². The molecule has 90 valence electrons. The molecule has 16 heavy (non-hydrogen) atoms. The Morgan fingerprint density at radius 1 is 1.06 bits per heavy atom. The number of hydrogen-bond acceptors (Lipinski definition) is 4. The number of ether oxygens (including phenoxy) is 2. The molecule has 0 fully saturated rings. The van der Waals surface area contributed by atoms with Gasteiger partial charge < -0.3 is 14.4 Å². The number of fused-ring (bicyclic) bond motifs is 1. The minimum Gasteiger partial charge on any atom is -0.485 e. The Labute approximate surface area is 101 Å². The van der Waals surface area contributed by atoms with Crippen molar-refractivity contribution < 1.29 is 9.47 Å². The zero-order valence-corrected chi connectivity index (χ0v) is 11.4. The molecule has 0 N–H and O–H groups in total. The first kappa shape index (κ1) is 11.6. The van der Waals surface area contributed by atoms with Crippen LogP contribution < -0.4 is 14.4 Å². The van der Waals surface area contributed by atoms with Crippen LogP contribution in [0.15, 0.2) is 0 Å². The van der Waals surface area contributed by atoms with Crippen molar-refractivity contribution in [1.82, 2.24) is 0 Å². The van der Waals surface area contributed by atoms with Gasteiger partial charge in [-0.1, -0.05) is 20.8 Å². The van der Waals surface area contributed by atoms with Crippen molar-refractivity contribution in [3.63, 3.8) is 0 Å². The summed E-state index contributed by atoms with van der Waals surface area (Å²) in [4.78, 5) is 3.36. The lowest BCUT2D eigenvalue weighted by Crippen LogP contribution is -2.18. The lowest BCUT2D eigenvalue weighted by atomic mass is 9.94. The van der Waals surface area contributed by atoms with Crippen molar-refractivity contribution in [2.75, 3.05) is 32.2 Å². The van der Waals surface area contributed by atoms with E-state index in [1.165, 1.54) is 4.88 Å². The fourth-order valence-corrected chi connectivity index (χ4v) is 2.89. The summed E-state index contributed by atoms with van der Waals surface area (Å²) in [5, 5.41) is 1.15. The Balaban J connectivity index is 2.55. The molecule has 0 aliphatic carbocycles. The average molecular weight is 241 g/mol. The second-order valence-corrected chi connectivity index (χ2v) is 6.24. The van der Waals surface area contributed by atoms with Gasteiger partial charge >= 0.3 is 0 Å². The molecule has 3 nitrogen and oxygen atoms in total. The molecule has 0 unspecified atom stereocenters. The number of hydrogen-bond donors (Lipinski definition) is 0. The van der Waals surface area contributed by atoms with E-state index in [9.17, 15) is 0 Å². The quantitative estimate of drug-likeness (QED) is 0.754. The van der Waals surface area contributed by atoms with Crippen molar-refractivity contribution >= 4 is 16.3 Å². The van der Waals surface area contributed by atoms with Gasteiger partial charge in [0.15, 0.2) is 11.5 Å². The Morgan fingerprint density at radius 2 is 1.62 bits per heavy atom. The van der Waals surface area contributed by atoms with Crippen molar-refractivity contribution in [1.29, 1.82) is 0 Å². The van der Waals surface area contributed by atoms with Crippen molar-refractivity contribution in [3.8, 4) is 11.5 Å². The van der Waals surface area contributed by atoms with Gasteiger partial charge in [-0.3, -0.25) is 0 Å².